The lowest BCUT2D eigenvalue weighted by Gasteiger charge is -2.18. The topological polar surface area (TPSA) is 0 Å². The molecular weight excluding hydrogens is 268 g/mol. The van der Waals surface area contributed by atoms with Crippen LogP contribution in [0.25, 0.3) is 0 Å². The maximum atomic E-state index is 3.52. The second-order valence-corrected chi connectivity index (χ2v) is 5.64. The fourth-order valence-electron chi connectivity index (χ4n) is 1.86. The quantitative estimate of drug-likeness (QED) is 0.583. The van der Waals surface area contributed by atoms with Crippen LogP contribution in [0, 0.1) is 0 Å². The van der Waals surface area contributed by atoms with Gasteiger partial charge in [0.2, 0.25) is 0 Å². The van der Waals surface area contributed by atoms with Crippen molar-refractivity contribution < 1.29 is 0 Å². The molecule has 15 heavy (non-hydrogen) atoms. The van der Waals surface area contributed by atoms with Crippen LogP contribution in [0.5, 0.6) is 0 Å². The molecule has 0 amide bonds. The van der Waals surface area contributed by atoms with E-state index in [0.29, 0.717) is 0 Å². The van der Waals surface area contributed by atoms with Gasteiger partial charge in [0.15, 0.2) is 0 Å². The molecule has 2 aromatic carbocycles. The van der Waals surface area contributed by atoms with Gasteiger partial charge in [0.25, 0.3) is 0 Å². The summed E-state index contributed by atoms with van der Waals surface area (Å²) >= 11 is 5.39. The van der Waals surface area contributed by atoms with Crippen LogP contribution in [0.2, 0.25) is 0 Å². The van der Waals surface area contributed by atoms with E-state index in [4.69, 9.17) is 0 Å². The molecule has 0 fully saturated rings. The molecule has 0 saturated carbocycles. The Bertz CT molecular complexity index is 520. The van der Waals surface area contributed by atoms with E-state index in [1.807, 2.05) is 11.8 Å². The first kappa shape index (κ1) is 9.49. The second-order valence-electron chi connectivity index (χ2n) is 3.64. The van der Waals surface area contributed by atoms with Gasteiger partial charge in [-0.15, -0.1) is 0 Å². The monoisotopic (exact) mass is 276 g/mol. The third-order valence-corrected chi connectivity index (χ3v) is 4.33. The molecule has 0 N–H and O–H groups in total. The van der Waals surface area contributed by atoms with Gasteiger partial charge in [-0.3, -0.25) is 0 Å². The zero-order valence-electron chi connectivity index (χ0n) is 8.03. The Morgan fingerprint density at radius 2 is 1.73 bits per heavy atom. The van der Waals surface area contributed by atoms with E-state index in [1.54, 1.807) is 0 Å². The fourth-order valence-corrected chi connectivity index (χ4v) is 3.32. The predicted octanol–water partition coefficient (Wildman–Crippen LogP) is 4.50. The smallest absolute Gasteiger partial charge is 0.0178 e. The van der Waals surface area contributed by atoms with Crippen LogP contribution in [0.4, 0.5) is 0 Å². The lowest BCUT2D eigenvalue weighted by Crippen LogP contribution is -1.98. The van der Waals surface area contributed by atoms with Crippen LogP contribution in [0.1, 0.15) is 11.1 Å². The van der Waals surface area contributed by atoms with Gasteiger partial charge in [0, 0.05) is 14.3 Å². The number of rotatable bonds is 0. The number of hydrogen-bond acceptors (Lipinski definition) is 1. The predicted molar refractivity (Wildman–Crippen MR) is 67.5 cm³/mol. The van der Waals surface area contributed by atoms with Crippen LogP contribution in [-0.2, 0) is 6.42 Å². The van der Waals surface area contributed by atoms with Crippen molar-refractivity contribution in [1.29, 1.82) is 0 Å². The minimum atomic E-state index is 1.05. The van der Waals surface area contributed by atoms with Crippen LogP contribution >= 0.6 is 27.7 Å². The van der Waals surface area contributed by atoms with Crippen LogP contribution in [0.15, 0.2) is 56.7 Å². The van der Waals surface area contributed by atoms with E-state index in [0.717, 1.165) is 6.42 Å². The molecule has 0 atom stereocenters. The Morgan fingerprint density at radius 3 is 2.67 bits per heavy atom. The summed E-state index contributed by atoms with van der Waals surface area (Å²) in [6.45, 7) is 0. The highest BCUT2D eigenvalue weighted by atomic mass is 79.9. The highest BCUT2D eigenvalue weighted by Gasteiger charge is 2.15. The molecular formula is C13H9BrS. The van der Waals surface area contributed by atoms with Gasteiger partial charge < -0.3 is 0 Å². The summed E-state index contributed by atoms with van der Waals surface area (Å²) in [5.74, 6) is 0. The number of hydrogen-bond donors (Lipinski definition) is 0. The molecule has 1 aliphatic heterocycles. The van der Waals surface area contributed by atoms with Gasteiger partial charge in [-0.05, 0) is 41.8 Å². The van der Waals surface area contributed by atoms with Crippen molar-refractivity contribution >= 4 is 27.7 Å². The first-order valence-corrected chi connectivity index (χ1v) is 6.48. The molecule has 1 aliphatic rings. The largest absolute Gasteiger partial charge is 0.0895 e. The van der Waals surface area contributed by atoms with Crippen molar-refractivity contribution in [2.75, 3.05) is 0 Å². The second kappa shape index (κ2) is 3.69. The summed E-state index contributed by atoms with van der Waals surface area (Å²) in [4.78, 5) is 2.78. The Morgan fingerprint density at radius 1 is 0.933 bits per heavy atom. The first-order chi connectivity index (χ1) is 7.33. The molecule has 2 aromatic rings. The molecule has 0 nitrogen and oxygen atoms in total. The molecule has 1 heterocycles. The Labute approximate surface area is 102 Å². The van der Waals surface area contributed by atoms with Crippen LogP contribution < -0.4 is 0 Å². The lowest BCUT2D eigenvalue weighted by atomic mass is 10.0. The summed E-state index contributed by atoms with van der Waals surface area (Å²) in [5, 5.41) is 0. The third-order valence-electron chi connectivity index (χ3n) is 2.60. The number of benzene rings is 2. The summed E-state index contributed by atoms with van der Waals surface area (Å²) in [6, 6.07) is 15.2. The van der Waals surface area contributed by atoms with Gasteiger partial charge in [0.05, 0.1) is 0 Å². The Hall–Kier alpha value is -0.730. The van der Waals surface area contributed by atoms with Gasteiger partial charge in [-0.25, -0.2) is 0 Å². The molecule has 0 spiro atoms. The summed E-state index contributed by atoms with van der Waals surface area (Å²) in [6.07, 6.45) is 1.05. The molecule has 74 valence electrons. The number of fused-ring (bicyclic) bond motifs is 2. The standard InChI is InChI=1S/C13H9BrS/c14-11-5-6-13-10(8-11)7-9-3-1-2-4-12(9)15-13/h1-6,8H,7H2. The lowest BCUT2D eigenvalue weighted by molar-refractivity contribution is 1.05. The summed E-state index contributed by atoms with van der Waals surface area (Å²) in [7, 11) is 0. The minimum Gasteiger partial charge on any atom is -0.0895 e. The van der Waals surface area contributed by atoms with Crippen molar-refractivity contribution in [3.05, 3.63) is 58.1 Å². The van der Waals surface area contributed by atoms with Crippen molar-refractivity contribution in [1.82, 2.24) is 0 Å². The maximum Gasteiger partial charge on any atom is 0.0178 e. The van der Waals surface area contributed by atoms with Crippen molar-refractivity contribution in [3.8, 4) is 0 Å². The third kappa shape index (κ3) is 1.72. The Balaban J connectivity index is 2.11. The van der Waals surface area contributed by atoms with Gasteiger partial charge in [-0.2, -0.15) is 0 Å². The molecule has 0 aliphatic carbocycles. The first-order valence-electron chi connectivity index (χ1n) is 4.87. The summed E-state index contributed by atoms with van der Waals surface area (Å²) in [5.41, 5.74) is 2.86. The SMILES string of the molecule is Brc1ccc2c(c1)Cc1ccccc1S2. The Kier molecular flexibility index (Phi) is 2.33. The highest BCUT2D eigenvalue weighted by Crippen LogP contribution is 2.39. The zero-order chi connectivity index (χ0) is 10.3. The van der Waals surface area contributed by atoms with Crippen LogP contribution in [0.3, 0.4) is 0 Å². The molecule has 0 unspecified atom stereocenters. The van der Waals surface area contributed by atoms with Crippen LogP contribution in [-0.4, -0.2) is 0 Å². The maximum absolute atomic E-state index is 3.52. The molecule has 2 heteroatoms. The van der Waals surface area contributed by atoms with E-state index in [9.17, 15) is 0 Å². The summed E-state index contributed by atoms with van der Waals surface area (Å²) < 4.78 is 1.17. The molecule has 0 bridgehead atoms. The molecule has 3 rings (SSSR count). The van der Waals surface area contributed by atoms with E-state index in [2.05, 4.69) is 58.4 Å². The average molecular weight is 277 g/mol. The number of halogens is 1. The van der Waals surface area contributed by atoms with E-state index in [-0.39, 0.29) is 0 Å². The van der Waals surface area contributed by atoms with Gasteiger partial charge >= 0.3 is 0 Å². The van der Waals surface area contributed by atoms with Gasteiger partial charge in [-0.1, -0.05) is 45.9 Å². The fraction of sp³-hybridized carbons (Fsp3) is 0.0769. The normalized spacial score (nSPS) is 13.1. The molecule has 0 radical (unpaired) electrons. The van der Waals surface area contributed by atoms with Crippen molar-refractivity contribution in [2.45, 2.75) is 16.2 Å². The average Bonchev–Trinajstić information content (AvgIpc) is 2.26. The zero-order valence-corrected chi connectivity index (χ0v) is 10.4. The molecule has 0 saturated heterocycles. The minimum absolute atomic E-state index is 1.05. The van der Waals surface area contributed by atoms with E-state index in [1.165, 1.54) is 25.4 Å². The van der Waals surface area contributed by atoms with Gasteiger partial charge in [0.1, 0.15) is 0 Å². The van der Waals surface area contributed by atoms with E-state index >= 15 is 0 Å². The van der Waals surface area contributed by atoms with Crippen molar-refractivity contribution in [3.63, 3.8) is 0 Å². The molecule has 0 aromatic heterocycles. The highest BCUT2D eigenvalue weighted by molar-refractivity contribution is 9.10. The van der Waals surface area contributed by atoms with Crippen molar-refractivity contribution in [2.24, 2.45) is 0 Å². The van der Waals surface area contributed by atoms with E-state index < -0.39 is 0 Å².